The monoisotopic (exact) mass is 330 g/mol. The number of nitrogens with zero attached hydrogens (tertiary/aromatic N) is 1. The number of hydrogen-bond acceptors (Lipinski definition) is 3. The van der Waals surface area contributed by atoms with Crippen LogP contribution in [0.15, 0.2) is 30.5 Å². The number of aliphatic carboxylic acids is 1. The lowest BCUT2D eigenvalue weighted by molar-refractivity contribution is -0.143. The summed E-state index contributed by atoms with van der Waals surface area (Å²) in [4.78, 5) is 35.0. The zero-order valence-corrected chi connectivity index (χ0v) is 14.1. The Balaban J connectivity index is 2.12. The van der Waals surface area contributed by atoms with Gasteiger partial charge in [-0.2, -0.15) is 0 Å². The van der Waals surface area contributed by atoms with Crippen molar-refractivity contribution >= 4 is 28.6 Å². The minimum Gasteiger partial charge on any atom is -0.480 e. The maximum Gasteiger partial charge on any atom is 0.326 e. The first kappa shape index (κ1) is 17.7. The van der Waals surface area contributed by atoms with Gasteiger partial charge in [0.05, 0.1) is 0 Å². The molecule has 1 heterocycles. The van der Waals surface area contributed by atoms with Crippen LogP contribution in [0, 0.1) is 5.92 Å². The fraction of sp³-hybridized carbons (Fsp3) is 0.389. The zero-order valence-electron chi connectivity index (χ0n) is 14.1. The van der Waals surface area contributed by atoms with Gasteiger partial charge in [-0.25, -0.2) is 4.79 Å². The van der Waals surface area contributed by atoms with Crippen molar-refractivity contribution in [2.75, 3.05) is 0 Å². The molecule has 24 heavy (non-hydrogen) atoms. The highest BCUT2D eigenvalue weighted by Gasteiger charge is 2.23. The molecular weight excluding hydrogens is 308 g/mol. The second kappa shape index (κ2) is 7.29. The topological polar surface area (TPSA) is 88.4 Å². The Morgan fingerprint density at radius 2 is 1.88 bits per heavy atom. The maximum absolute atomic E-state index is 12.1. The van der Waals surface area contributed by atoms with Gasteiger partial charge in [0.25, 0.3) is 0 Å². The van der Waals surface area contributed by atoms with Crippen LogP contribution < -0.4 is 5.32 Å². The summed E-state index contributed by atoms with van der Waals surface area (Å²) < 4.78 is 1.86. The number of carbonyl (C=O) groups is 3. The molecule has 0 aliphatic carbocycles. The number of amides is 1. The second-order valence-corrected chi connectivity index (χ2v) is 6.19. The van der Waals surface area contributed by atoms with Crippen LogP contribution in [0.25, 0.3) is 10.9 Å². The van der Waals surface area contributed by atoms with E-state index >= 15 is 0 Å². The number of fused-ring (bicyclic) bond motifs is 1. The predicted molar refractivity (Wildman–Crippen MR) is 91.0 cm³/mol. The lowest BCUT2D eigenvalue weighted by atomic mass is 10.0. The van der Waals surface area contributed by atoms with Gasteiger partial charge in [0.15, 0.2) is 5.78 Å². The van der Waals surface area contributed by atoms with E-state index in [9.17, 15) is 14.4 Å². The molecule has 0 fully saturated rings. The van der Waals surface area contributed by atoms with Crippen LogP contribution in [0.3, 0.4) is 0 Å². The molecule has 1 atom stereocenters. The van der Waals surface area contributed by atoms with Gasteiger partial charge in [0, 0.05) is 35.6 Å². The van der Waals surface area contributed by atoms with E-state index < -0.39 is 12.0 Å². The molecule has 1 amide bonds. The maximum atomic E-state index is 12.1. The minimum absolute atomic E-state index is 0.0276. The highest BCUT2D eigenvalue weighted by atomic mass is 16.4. The third-order valence-electron chi connectivity index (χ3n) is 4.00. The fourth-order valence-electron chi connectivity index (χ4n) is 2.69. The number of aromatic nitrogens is 1. The van der Waals surface area contributed by atoms with E-state index in [1.165, 1.54) is 6.92 Å². The first-order chi connectivity index (χ1) is 11.3. The number of carboxylic acids is 1. The number of benzene rings is 1. The number of rotatable bonds is 7. The number of carbonyl (C=O) groups excluding carboxylic acids is 2. The van der Waals surface area contributed by atoms with E-state index in [2.05, 4.69) is 5.32 Å². The SMILES string of the molecule is CC(=O)c1cn(CCC(=O)NC(C(=O)O)C(C)C)c2ccccc12. The molecule has 128 valence electrons. The van der Waals surface area contributed by atoms with Gasteiger partial charge < -0.3 is 15.0 Å². The first-order valence-corrected chi connectivity index (χ1v) is 7.92. The Morgan fingerprint density at radius 1 is 1.21 bits per heavy atom. The van der Waals surface area contributed by atoms with E-state index in [4.69, 9.17) is 5.11 Å². The highest BCUT2D eigenvalue weighted by Crippen LogP contribution is 2.22. The van der Waals surface area contributed by atoms with Crippen molar-refractivity contribution in [1.29, 1.82) is 0 Å². The third kappa shape index (κ3) is 3.82. The molecular formula is C18H22N2O4. The van der Waals surface area contributed by atoms with Crippen LogP contribution in [-0.4, -0.2) is 33.4 Å². The van der Waals surface area contributed by atoms with Crippen LogP contribution in [0.2, 0.25) is 0 Å². The van der Waals surface area contributed by atoms with Crippen molar-refractivity contribution in [3.8, 4) is 0 Å². The third-order valence-corrected chi connectivity index (χ3v) is 4.00. The number of hydrogen-bond donors (Lipinski definition) is 2. The van der Waals surface area contributed by atoms with Crippen LogP contribution in [0.5, 0.6) is 0 Å². The Bertz CT molecular complexity index is 776. The smallest absolute Gasteiger partial charge is 0.326 e. The average molecular weight is 330 g/mol. The lowest BCUT2D eigenvalue weighted by Crippen LogP contribution is -2.44. The number of ketones is 1. The standard InChI is InChI=1S/C18H22N2O4/c1-11(2)17(18(23)24)19-16(22)8-9-20-10-14(12(3)21)13-6-4-5-7-15(13)20/h4-7,10-11,17H,8-9H2,1-3H3,(H,19,22)(H,23,24). The minimum atomic E-state index is -1.04. The molecule has 1 aromatic carbocycles. The number of para-hydroxylation sites is 1. The molecule has 2 N–H and O–H groups in total. The first-order valence-electron chi connectivity index (χ1n) is 7.92. The van der Waals surface area contributed by atoms with Crippen molar-refractivity contribution < 1.29 is 19.5 Å². The number of Topliss-reactive ketones (excluding diaryl/α,β-unsaturated/α-hetero) is 1. The van der Waals surface area contributed by atoms with E-state index in [1.54, 1.807) is 20.0 Å². The summed E-state index contributed by atoms with van der Waals surface area (Å²) in [6, 6.07) is 6.62. The molecule has 6 nitrogen and oxygen atoms in total. The Morgan fingerprint density at radius 3 is 2.46 bits per heavy atom. The van der Waals surface area contributed by atoms with Crippen LogP contribution >= 0.6 is 0 Å². The van der Waals surface area contributed by atoms with E-state index in [-0.39, 0.29) is 24.0 Å². The Kier molecular flexibility index (Phi) is 5.39. The largest absolute Gasteiger partial charge is 0.480 e. The summed E-state index contributed by atoms with van der Waals surface area (Å²) in [5.41, 5.74) is 1.51. The summed E-state index contributed by atoms with van der Waals surface area (Å²) in [5, 5.41) is 12.5. The molecule has 0 radical (unpaired) electrons. The lowest BCUT2D eigenvalue weighted by Gasteiger charge is -2.18. The van der Waals surface area contributed by atoms with Crippen molar-refractivity contribution in [2.45, 2.75) is 39.8 Å². The molecule has 6 heteroatoms. The van der Waals surface area contributed by atoms with E-state index in [0.29, 0.717) is 12.1 Å². The molecule has 1 aromatic heterocycles. The summed E-state index contributed by atoms with van der Waals surface area (Å²) in [5.74, 6) is -1.58. The van der Waals surface area contributed by atoms with Crippen molar-refractivity contribution in [3.63, 3.8) is 0 Å². The zero-order chi connectivity index (χ0) is 17.9. The molecule has 0 saturated carbocycles. The summed E-state index contributed by atoms with van der Waals surface area (Å²) in [6.07, 6.45) is 1.89. The van der Waals surface area contributed by atoms with Gasteiger partial charge in [-0.1, -0.05) is 32.0 Å². The predicted octanol–water partition coefficient (Wildman–Crippen LogP) is 2.46. The molecule has 2 aromatic rings. The molecule has 0 aliphatic rings. The second-order valence-electron chi connectivity index (χ2n) is 6.19. The van der Waals surface area contributed by atoms with Gasteiger partial charge >= 0.3 is 5.97 Å². The normalized spacial score (nSPS) is 12.3. The highest BCUT2D eigenvalue weighted by molar-refractivity contribution is 6.07. The van der Waals surface area contributed by atoms with Crippen molar-refractivity contribution in [3.05, 3.63) is 36.0 Å². The Labute approximate surface area is 140 Å². The van der Waals surface area contributed by atoms with Gasteiger partial charge in [-0.15, -0.1) is 0 Å². The molecule has 0 bridgehead atoms. The number of carboxylic acid groups (broad SMARTS) is 1. The van der Waals surface area contributed by atoms with E-state index in [1.807, 2.05) is 28.8 Å². The fourth-order valence-corrected chi connectivity index (χ4v) is 2.69. The average Bonchev–Trinajstić information content (AvgIpc) is 2.89. The van der Waals surface area contributed by atoms with Crippen LogP contribution in [-0.2, 0) is 16.1 Å². The molecule has 1 unspecified atom stereocenters. The van der Waals surface area contributed by atoms with E-state index in [0.717, 1.165) is 10.9 Å². The molecule has 0 spiro atoms. The Hall–Kier alpha value is -2.63. The molecule has 0 saturated heterocycles. The van der Waals surface area contributed by atoms with Gasteiger partial charge in [-0.3, -0.25) is 9.59 Å². The van der Waals surface area contributed by atoms with Crippen LogP contribution in [0.4, 0.5) is 0 Å². The summed E-state index contributed by atoms with van der Waals surface area (Å²) >= 11 is 0. The van der Waals surface area contributed by atoms with Gasteiger partial charge in [0.2, 0.25) is 5.91 Å². The summed E-state index contributed by atoms with van der Waals surface area (Å²) in [6.45, 7) is 5.39. The van der Waals surface area contributed by atoms with Gasteiger partial charge in [-0.05, 0) is 18.9 Å². The van der Waals surface area contributed by atoms with Crippen LogP contribution in [0.1, 0.15) is 37.6 Å². The molecule has 0 aliphatic heterocycles. The van der Waals surface area contributed by atoms with Crippen molar-refractivity contribution in [1.82, 2.24) is 9.88 Å². The van der Waals surface area contributed by atoms with Crippen molar-refractivity contribution in [2.24, 2.45) is 5.92 Å². The van der Waals surface area contributed by atoms with Gasteiger partial charge in [0.1, 0.15) is 6.04 Å². The number of nitrogens with one attached hydrogen (secondary N) is 1. The summed E-state index contributed by atoms with van der Waals surface area (Å²) in [7, 11) is 0. The quantitative estimate of drug-likeness (QED) is 0.763. The number of aryl methyl sites for hydroxylation is 1. The molecule has 2 rings (SSSR count).